The molecule has 0 aromatic heterocycles. The lowest BCUT2D eigenvalue weighted by Crippen LogP contribution is -2.51. The summed E-state index contributed by atoms with van der Waals surface area (Å²) in [7, 11) is -4.18. The number of hydrogen-bond donors (Lipinski definition) is 1. The molecule has 1 atom stereocenters. The molecule has 0 saturated heterocycles. The molecule has 0 aliphatic rings. The molecule has 0 aliphatic carbocycles. The number of ether oxygens (including phenoxy) is 1. The van der Waals surface area contributed by atoms with Crippen molar-refractivity contribution in [3.63, 3.8) is 0 Å². The number of benzene rings is 3. The number of nitrogens with one attached hydrogen (secondary N) is 1. The van der Waals surface area contributed by atoms with E-state index in [9.17, 15) is 18.0 Å². The van der Waals surface area contributed by atoms with E-state index >= 15 is 0 Å². The van der Waals surface area contributed by atoms with Crippen LogP contribution in [0.4, 0.5) is 5.69 Å². The van der Waals surface area contributed by atoms with Crippen LogP contribution in [0.25, 0.3) is 0 Å². The molecule has 0 aliphatic heterocycles. The largest absolute Gasteiger partial charge is 0.494 e. The lowest BCUT2D eigenvalue weighted by Gasteiger charge is -2.32. The summed E-state index contributed by atoms with van der Waals surface area (Å²) in [6, 6.07) is 16.9. The summed E-state index contributed by atoms with van der Waals surface area (Å²) in [5.74, 6) is -0.407. The van der Waals surface area contributed by atoms with Gasteiger partial charge >= 0.3 is 0 Å². The van der Waals surface area contributed by atoms with Gasteiger partial charge in [-0.05, 0) is 75.7 Å². The van der Waals surface area contributed by atoms with Gasteiger partial charge in [0.1, 0.15) is 18.3 Å². The van der Waals surface area contributed by atoms with Crippen molar-refractivity contribution in [3.8, 4) is 5.75 Å². The highest BCUT2D eigenvalue weighted by molar-refractivity contribution is 7.92. The van der Waals surface area contributed by atoms with E-state index in [4.69, 9.17) is 27.9 Å². The van der Waals surface area contributed by atoms with E-state index in [-0.39, 0.29) is 23.0 Å². The van der Waals surface area contributed by atoms with E-state index < -0.39 is 28.5 Å². The van der Waals surface area contributed by atoms with Gasteiger partial charge in [0.05, 0.1) is 17.2 Å². The number of carbonyl (C=O) groups excluding carboxylic acids is 2. The highest BCUT2D eigenvalue weighted by Crippen LogP contribution is 2.29. The van der Waals surface area contributed by atoms with E-state index in [0.29, 0.717) is 34.5 Å². The van der Waals surface area contributed by atoms with Crippen LogP contribution in [-0.2, 0) is 26.2 Å². The molecule has 1 N–H and O–H groups in total. The monoisotopic (exact) mass is 633 g/mol. The third-order valence-corrected chi connectivity index (χ3v) is 9.21. The van der Waals surface area contributed by atoms with Crippen molar-refractivity contribution in [3.05, 3.63) is 87.9 Å². The van der Waals surface area contributed by atoms with Crippen molar-refractivity contribution in [2.75, 3.05) is 24.0 Å². The van der Waals surface area contributed by atoms with Crippen LogP contribution in [0.1, 0.15) is 44.7 Å². The fraction of sp³-hybridized carbons (Fsp3) is 0.355. The van der Waals surface area contributed by atoms with Crippen LogP contribution in [0, 0.1) is 6.92 Å². The maximum absolute atomic E-state index is 14.1. The van der Waals surface area contributed by atoms with Gasteiger partial charge in [-0.25, -0.2) is 8.42 Å². The van der Waals surface area contributed by atoms with Crippen LogP contribution >= 0.6 is 23.2 Å². The van der Waals surface area contributed by atoms with Gasteiger partial charge in [-0.15, -0.1) is 0 Å². The summed E-state index contributed by atoms with van der Waals surface area (Å²) in [6.45, 7) is 7.54. The predicted octanol–water partition coefficient (Wildman–Crippen LogP) is 6.23. The first-order valence-electron chi connectivity index (χ1n) is 13.8. The first-order chi connectivity index (χ1) is 20.0. The SMILES string of the molecule is CCCCNC(=O)[C@H](C)N(Cc1c(Cl)cccc1Cl)C(=O)CN(c1ccc(OCC)cc1)S(=O)(=O)c1ccc(C)cc1. The Morgan fingerprint density at radius 2 is 1.57 bits per heavy atom. The zero-order chi connectivity index (χ0) is 30.9. The first kappa shape index (κ1) is 33.2. The molecular weight excluding hydrogens is 597 g/mol. The van der Waals surface area contributed by atoms with Gasteiger partial charge in [-0.1, -0.05) is 60.3 Å². The molecule has 8 nitrogen and oxygen atoms in total. The van der Waals surface area contributed by atoms with Gasteiger partial charge in [-0.2, -0.15) is 0 Å². The molecule has 0 unspecified atom stereocenters. The van der Waals surface area contributed by atoms with Crippen LogP contribution in [0.3, 0.4) is 0 Å². The minimum absolute atomic E-state index is 0.0286. The first-order valence-corrected chi connectivity index (χ1v) is 16.0. The number of halogens is 2. The van der Waals surface area contributed by atoms with E-state index in [1.807, 2.05) is 20.8 Å². The Bertz CT molecular complexity index is 1440. The maximum atomic E-state index is 14.1. The molecule has 3 rings (SSSR count). The van der Waals surface area contributed by atoms with Crippen molar-refractivity contribution in [1.29, 1.82) is 0 Å². The van der Waals surface area contributed by atoms with Crippen LogP contribution in [0.5, 0.6) is 5.75 Å². The maximum Gasteiger partial charge on any atom is 0.264 e. The lowest BCUT2D eigenvalue weighted by molar-refractivity contribution is -0.139. The van der Waals surface area contributed by atoms with Crippen molar-refractivity contribution in [1.82, 2.24) is 10.2 Å². The Balaban J connectivity index is 2.04. The molecule has 0 radical (unpaired) electrons. The molecule has 2 amide bonds. The third kappa shape index (κ3) is 8.40. The highest BCUT2D eigenvalue weighted by Gasteiger charge is 2.33. The van der Waals surface area contributed by atoms with Crippen LogP contribution in [-0.4, -0.2) is 50.9 Å². The lowest BCUT2D eigenvalue weighted by atomic mass is 10.1. The summed E-state index contributed by atoms with van der Waals surface area (Å²) in [6.07, 6.45) is 1.67. The van der Waals surface area contributed by atoms with Gasteiger partial charge in [0.25, 0.3) is 10.0 Å². The second kappa shape index (κ2) is 15.3. The van der Waals surface area contributed by atoms with Crippen LogP contribution < -0.4 is 14.4 Å². The molecule has 42 heavy (non-hydrogen) atoms. The van der Waals surface area contributed by atoms with Gasteiger partial charge in [0, 0.05) is 28.7 Å². The number of rotatable bonds is 14. The minimum Gasteiger partial charge on any atom is -0.494 e. The van der Waals surface area contributed by atoms with Gasteiger partial charge in [-0.3, -0.25) is 13.9 Å². The van der Waals surface area contributed by atoms with Crippen molar-refractivity contribution in [2.24, 2.45) is 0 Å². The van der Waals surface area contributed by atoms with Crippen molar-refractivity contribution in [2.45, 2.75) is 58.0 Å². The smallest absolute Gasteiger partial charge is 0.264 e. The number of aryl methyl sites for hydroxylation is 1. The molecule has 3 aromatic rings. The Labute approximate surface area is 258 Å². The zero-order valence-electron chi connectivity index (χ0n) is 24.3. The van der Waals surface area contributed by atoms with E-state index in [1.165, 1.54) is 17.0 Å². The average Bonchev–Trinajstić information content (AvgIpc) is 2.96. The van der Waals surface area contributed by atoms with E-state index in [0.717, 1.165) is 22.7 Å². The molecule has 226 valence electrons. The third-order valence-electron chi connectivity index (χ3n) is 6.71. The topological polar surface area (TPSA) is 96.0 Å². The summed E-state index contributed by atoms with van der Waals surface area (Å²) in [4.78, 5) is 28.5. The summed E-state index contributed by atoms with van der Waals surface area (Å²) < 4.78 is 34.5. The van der Waals surface area contributed by atoms with Gasteiger partial charge in [0.15, 0.2) is 0 Å². The average molecular weight is 635 g/mol. The molecule has 0 fully saturated rings. The Morgan fingerprint density at radius 3 is 2.14 bits per heavy atom. The normalized spacial score (nSPS) is 12.0. The number of carbonyl (C=O) groups is 2. The Kier molecular flexibility index (Phi) is 12.1. The molecule has 11 heteroatoms. The zero-order valence-corrected chi connectivity index (χ0v) is 26.6. The minimum atomic E-state index is -4.18. The predicted molar refractivity (Wildman–Crippen MR) is 168 cm³/mol. The number of sulfonamides is 1. The summed E-state index contributed by atoms with van der Waals surface area (Å²) in [5, 5.41) is 3.51. The number of anilines is 1. The molecule has 0 heterocycles. The van der Waals surface area contributed by atoms with E-state index in [1.54, 1.807) is 61.5 Å². The molecule has 0 bridgehead atoms. The fourth-order valence-corrected chi connectivity index (χ4v) is 6.15. The molecule has 0 spiro atoms. The Hall–Kier alpha value is -3.27. The highest BCUT2D eigenvalue weighted by atomic mass is 35.5. The van der Waals surface area contributed by atoms with Gasteiger partial charge < -0.3 is 15.0 Å². The summed E-state index contributed by atoms with van der Waals surface area (Å²) in [5.41, 5.74) is 1.61. The van der Waals surface area contributed by atoms with Gasteiger partial charge in [0.2, 0.25) is 11.8 Å². The number of unbranched alkanes of at least 4 members (excludes halogenated alkanes) is 1. The Morgan fingerprint density at radius 1 is 0.952 bits per heavy atom. The molecular formula is C31H37Cl2N3O5S. The second-order valence-electron chi connectivity index (χ2n) is 9.79. The van der Waals surface area contributed by atoms with Crippen LogP contribution in [0.15, 0.2) is 71.6 Å². The number of amides is 2. The van der Waals surface area contributed by atoms with E-state index in [2.05, 4.69) is 5.32 Å². The second-order valence-corrected chi connectivity index (χ2v) is 12.5. The standard InChI is InChI=1S/C31H37Cl2N3O5S/c1-5-7-19-34-31(38)23(4)35(20-27-28(32)9-8-10-29(27)33)30(37)21-36(24-13-15-25(16-14-24)41-6-2)42(39,40)26-17-11-22(3)12-18-26/h8-18,23H,5-7,19-21H2,1-4H3,(H,34,38)/t23-/m0/s1. The van der Waals surface area contributed by atoms with Crippen molar-refractivity contribution >= 4 is 50.7 Å². The summed E-state index contributed by atoms with van der Waals surface area (Å²) >= 11 is 12.9. The van der Waals surface area contributed by atoms with Crippen molar-refractivity contribution < 1.29 is 22.7 Å². The quantitative estimate of drug-likeness (QED) is 0.212. The van der Waals surface area contributed by atoms with Crippen LogP contribution in [0.2, 0.25) is 10.0 Å². The number of hydrogen-bond acceptors (Lipinski definition) is 5. The molecule has 3 aromatic carbocycles. The fourth-order valence-electron chi connectivity index (χ4n) is 4.21. The number of nitrogens with zero attached hydrogens (tertiary/aromatic N) is 2. The molecule has 0 saturated carbocycles.